The summed E-state index contributed by atoms with van der Waals surface area (Å²) in [6.07, 6.45) is 3.39. The van der Waals surface area contributed by atoms with Gasteiger partial charge in [-0.15, -0.1) is 0 Å². The number of hydrogen-bond acceptors (Lipinski definition) is 3. The van der Waals surface area contributed by atoms with Crippen LogP contribution in [-0.4, -0.2) is 20.2 Å². The molecule has 0 unspecified atom stereocenters. The predicted octanol–water partition coefficient (Wildman–Crippen LogP) is 4.22. The molecule has 0 atom stereocenters. The fraction of sp³-hybridized carbons (Fsp3) is 0.222. The Morgan fingerprint density at radius 2 is 2.00 bits per heavy atom. The Kier molecular flexibility index (Phi) is 4.63. The van der Waals surface area contributed by atoms with Gasteiger partial charge in [-0.25, -0.2) is 0 Å². The number of hydrogen-bond donors (Lipinski definition) is 1. The Bertz CT molecular complexity index is 651. The average molecular weight is 297 g/mol. The van der Waals surface area contributed by atoms with Crippen molar-refractivity contribution in [2.75, 3.05) is 20.2 Å². The maximum absolute atomic E-state index is 5.31. The lowest BCUT2D eigenvalue weighted by molar-refractivity contribution is 0.413. The van der Waals surface area contributed by atoms with Gasteiger partial charge in [0.15, 0.2) is 0 Å². The van der Waals surface area contributed by atoms with Gasteiger partial charge in [0.05, 0.1) is 7.11 Å². The molecule has 0 radical (unpaired) electrons. The van der Waals surface area contributed by atoms with Crippen molar-refractivity contribution in [1.82, 2.24) is 5.32 Å². The van der Waals surface area contributed by atoms with E-state index in [1.807, 2.05) is 12.1 Å². The lowest BCUT2D eigenvalue weighted by Crippen LogP contribution is -2.20. The summed E-state index contributed by atoms with van der Waals surface area (Å²) in [6.45, 7) is 2.03. The molecule has 1 heterocycles. The summed E-state index contributed by atoms with van der Waals surface area (Å²) in [6, 6.07) is 16.9. The monoisotopic (exact) mass is 297 g/mol. The first-order valence-electron chi connectivity index (χ1n) is 7.18. The first-order valence-corrected chi connectivity index (χ1v) is 7.99. The van der Waals surface area contributed by atoms with E-state index in [-0.39, 0.29) is 0 Å². The second-order valence-corrected chi connectivity index (χ2v) is 6.08. The van der Waals surface area contributed by atoms with Crippen molar-refractivity contribution in [3.05, 3.63) is 60.2 Å². The fourth-order valence-corrected chi connectivity index (χ4v) is 3.51. The van der Waals surface area contributed by atoms with E-state index in [1.165, 1.54) is 20.9 Å². The van der Waals surface area contributed by atoms with Gasteiger partial charge in [0.25, 0.3) is 0 Å². The largest absolute Gasteiger partial charge is 0.497 e. The van der Waals surface area contributed by atoms with E-state index in [2.05, 4.69) is 47.8 Å². The number of methoxy groups -OCH3 is 1. The molecule has 3 heteroatoms. The molecule has 2 aromatic rings. The quantitative estimate of drug-likeness (QED) is 0.913. The molecule has 0 aliphatic carbocycles. The van der Waals surface area contributed by atoms with E-state index in [9.17, 15) is 0 Å². The van der Waals surface area contributed by atoms with Gasteiger partial charge in [0, 0.05) is 16.3 Å². The van der Waals surface area contributed by atoms with Crippen LogP contribution >= 0.6 is 11.8 Å². The summed E-state index contributed by atoms with van der Waals surface area (Å²) in [5.41, 5.74) is 2.80. The molecule has 0 bridgehead atoms. The minimum absolute atomic E-state index is 0.901. The Morgan fingerprint density at radius 1 is 1.10 bits per heavy atom. The van der Waals surface area contributed by atoms with Crippen molar-refractivity contribution >= 4 is 17.3 Å². The van der Waals surface area contributed by atoms with Crippen LogP contribution in [0, 0.1) is 0 Å². The molecule has 2 aromatic carbocycles. The van der Waals surface area contributed by atoms with Crippen LogP contribution in [0.2, 0.25) is 0 Å². The van der Waals surface area contributed by atoms with Crippen LogP contribution in [0.1, 0.15) is 12.0 Å². The maximum atomic E-state index is 5.31. The normalized spacial score (nSPS) is 14.6. The smallest absolute Gasteiger partial charge is 0.119 e. The van der Waals surface area contributed by atoms with Gasteiger partial charge in [0.1, 0.15) is 5.75 Å². The number of ether oxygens (including phenoxy) is 1. The molecular weight excluding hydrogens is 278 g/mol. The van der Waals surface area contributed by atoms with Crippen molar-refractivity contribution in [3.8, 4) is 5.75 Å². The summed E-state index contributed by atoms with van der Waals surface area (Å²) >= 11 is 1.80. The number of rotatable bonds is 4. The van der Waals surface area contributed by atoms with Gasteiger partial charge >= 0.3 is 0 Å². The SMILES string of the molecule is COc1cccc(Sc2ccccc2C2=CCNCC2)c1. The summed E-state index contributed by atoms with van der Waals surface area (Å²) in [5.74, 6) is 0.901. The maximum Gasteiger partial charge on any atom is 0.119 e. The van der Waals surface area contributed by atoms with Crippen molar-refractivity contribution in [1.29, 1.82) is 0 Å². The molecule has 1 aliphatic heterocycles. The molecule has 2 nitrogen and oxygen atoms in total. The Hall–Kier alpha value is -1.71. The Morgan fingerprint density at radius 3 is 2.81 bits per heavy atom. The van der Waals surface area contributed by atoms with Crippen molar-refractivity contribution < 1.29 is 4.74 Å². The van der Waals surface area contributed by atoms with E-state index < -0.39 is 0 Å². The average Bonchev–Trinajstić information content (AvgIpc) is 2.56. The number of nitrogens with one attached hydrogen (secondary N) is 1. The molecule has 0 fully saturated rings. The molecule has 0 spiro atoms. The van der Waals surface area contributed by atoms with Crippen LogP contribution < -0.4 is 10.1 Å². The lowest BCUT2D eigenvalue weighted by atomic mass is 10.0. The third-order valence-electron chi connectivity index (χ3n) is 3.57. The zero-order valence-electron chi connectivity index (χ0n) is 12.1. The van der Waals surface area contributed by atoms with Crippen molar-refractivity contribution in [2.24, 2.45) is 0 Å². The minimum atomic E-state index is 0.901. The molecule has 21 heavy (non-hydrogen) atoms. The third kappa shape index (κ3) is 3.49. The number of benzene rings is 2. The Labute approximate surface area is 130 Å². The minimum Gasteiger partial charge on any atom is -0.497 e. The van der Waals surface area contributed by atoms with E-state index in [0.29, 0.717) is 0 Å². The van der Waals surface area contributed by atoms with Gasteiger partial charge in [0.2, 0.25) is 0 Å². The van der Waals surface area contributed by atoms with Crippen LogP contribution in [-0.2, 0) is 0 Å². The second kappa shape index (κ2) is 6.83. The van der Waals surface area contributed by atoms with E-state index >= 15 is 0 Å². The summed E-state index contributed by atoms with van der Waals surface area (Å²) < 4.78 is 5.31. The highest BCUT2D eigenvalue weighted by molar-refractivity contribution is 7.99. The first kappa shape index (κ1) is 14.2. The highest BCUT2D eigenvalue weighted by Gasteiger charge is 2.11. The van der Waals surface area contributed by atoms with Crippen LogP contribution in [0.4, 0.5) is 0 Å². The van der Waals surface area contributed by atoms with Crippen LogP contribution in [0.5, 0.6) is 5.75 Å². The van der Waals surface area contributed by atoms with Crippen molar-refractivity contribution in [2.45, 2.75) is 16.2 Å². The van der Waals surface area contributed by atoms with Gasteiger partial charge in [-0.1, -0.05) is 42.1 Å². The molecule has 1 aliphatic rings. The zero-order chi connectivity index (χ0) is 14.5. The molecule has 0 saturated carbocycles. The molecule has 0 saturated heterocycles. The van der Waals surface area contributed by atoms with E-state index in [0.717, 1.165) is 25.3 Å². The second-order valence-electron chi connectivity index (χ2n) is 4.96. The van der Waals surface area contributed by atoms with Crippen LogP contribution in [0.3, 0.4) is 0 Å². The summed E-state index contributed by atoms with van der Waals surface area (Å²) in [5, 5.41) is 3.37. The topological polar surface area (TPSA) is 21.3 Å². The third-order valence-corrected chi connectivity index (χ3v) is 4.63. The van der Waals surface area contributed by atoms with Crippen molar-refractivity contribution in [3.63, 3.8) is 0 Å². The molecule has 108 valence electrons. The first-order chi connectivity index (χ1) is 10.4. The highest BCUT2D eigenvalue weighted by Crippen LogP contribution is 2.36. The van der Waals surface area contributed by atoms with Gasteiger partial charge in [-0.05, 0) is 48.4 Å². The summed E-state index contributed by atoms with van der Waals surface area (Å²) in [7, 11) is 1.71. The molecule has 3 rings (SSSR count). The lowest BCUT2D eigenvalue weighted by Gasteiger charge is -2.17. The standard InChI is InChI=1S/C18H19NOS/c1-20-15-5-4-6-16(13-15)21-18-8-3-2-7-17(18)14-9-11-19-12-10-14/h2-9,13,19H,10-12H2,1H3. The molecule has 0 aromatic heterocycles. The van der Waals surface area contributed by atoms with E-state index in [4.69, 9.17) is 4.74 Å². The predicted molar refractivity (Wildman–Crippen MR) is 89.0 cm³/mol. The molecule has 0 amide bonds. The fourth-order valence-electron chi connectivity index (χ4n) is 2.48. The highest BCUT2D eigenvalue weighted by atomic mass is 32.2. The van der Waals surface area contributed by atoms with E-state index in [1.54, 1.807) is 18.9 Å². The van der Waals surface area contributed by atoms with Gasteiger partial charge in [-0.3, -0.25) is 0 Å². The Balaban J connectivity index is 1.90. The molecular formula is C18H19NOS. The van der Waals surface area contributed by atoms with Crippen LogP contribution in [0.15, 0.2) is 64.4 Å². The zero-order valence-corrected chi connectivity index (χ0v) is 13.0. The summed E-state index contributed by atoms with van der Waals surface area (Å²) in [4.78, 5) is 2.51. The van der Waals surface area contributed by atoms with Gasteiger partial charge < -0.3 is 10.1 Å². The van der Waals surface area contributed by atoms with Gasteiger partial charge in [-0.2, -0.15) is 0 Å². The van der Waals surface area contributed by atoms with Crippen LogP contribution in [0.25, 0.3) is 5.57 Å². The molecule has 1 N–H and O–H groups in total.